The third-order valence-electron chi connectivity index (χ3n) is 4.77. The molecule has 0 aliphatic carbocycles. The lowest BCUT2D eigenvalue weighted by Gasteiger charge is -2.38. The smallest absolute Gasteiger partial charge is 0.213 e. The van der Waals surface area contributed by atoms with Gasteiger partial charge in [0.15, 0.2) is 0 Å². The van der Waals surface area contributed by atoms with E-state index < -0.39 is 0 Å². The Kier molecular flexibility index (Phi) is 4.55. The average Bonchev–Trinajstić information content (AvgIpc) is 3.32. The predicted molar refractivity (Wildman–Crippen MR) is 117 cm³/mol. The molecule has 0 spiro atoms. The molecule has 3 aromatic rings. The molecule has 7 heteroatoms. The van der Waals surface area contributed by atoms with Gasteiger partial charge in [0, 0.05) is 27.0 Å². The molecule has 2 aliphatic rings. The Morgan fingerprint density at radius 1 is 1.15 bits per heavy atom. The van der Waals surface area contributed by atoms with Crippen molar-refractivity contribution in [2.24, 2.45) is 5.10 Å². The largest absolute Gasteiger partial charge is 0.463 e. The summed E-state index contributed by atoms with van der Waals surface area (Å²) >= 11 is 15.1. The van der Waals surface area contributed by atoms with Crippen LogP contribution in [0, 0.1) is 0 Å². The van der Waals surface area contributed by atoms with Crippen molar-refractivity contribution in [1.29, 1.82) is 0 Å². The quantitative estimate of drug-likeness (QED) is 0.355. The van der Waals surface area contributed by atoms with E-state index in [0.717, 1.165) is 38.0 Å². The molecule has 0 N–H and O–H groups in total. The van der Waals surface area contributed by atoms with Crippen LogP contribution in [-0.4, -0.2) is 10.7 Å². The van der Waals surface area contributed by atoms with Crippen molar-refractivity contribution in [2.45, 2.75) is 18.7 Å². The lowest BCUT2D eigenvalue weighted by atomic mass is 9.97. The monoisotopic (exact) mass is 522 g/mol. The van der Waals surface area contributed by atoms with Gasteiger partial charge < -0.3 is 4.74 Å². The molecule has 136 valence electrons. The summed E-state index contributed by atoms with van der Waals surface area (Å²) in [6.07, 6.45) is 0.554. The van der Waals surface area contributed by atoms with E-state index in [9.17, 15) is 0 Å². The molecule has 0 saturated carbocycles. The van der Waals surface area contributed by atoms with E-state index in [1.807, 2.05) is 30.3 Å². The Bertz CT molecular complexity index is 1040. The first kappa shape index (κ1) is 17.7. The van der Waals surface area contributed by atoms with Gasteiger partial charge >= 0.3 is 0 Å². The fourth-order valence-electron chi connectivity index (χ4n) is 3.55. The van der Waals surface area contributed by atoms with Crippen LogP contribution in [0.25, 0.3) is 0 Å². The second-order valence-electron chi connectivity index (χ2n) is 6.45. The molecule has 1 aromatic heterocycles. The Hall–Kier alpha value is -1.34. The number of ether oxygens (including phenoxy) is 1. The van der Waals surface area contributed by atoms with E-state index in [1.54, 1.807) is 11.3 Å². The van der Waals surface area contributed by atoms with Gasteiger partial charge in [0.1, 0.15) is 5.75 Å². The summed E-state index contributed by atoms with van der Waals surface area (Å²) in [4.78, 5) is 1.20. The third kappa shape index (κ3) is 3.12. The number of hydrogen-bond donors (Lipinski definition) is 0. The molecule has 5 rings (SSSR count). The Morgan fingerprint density at radius 2 is 1.96 bits per heavy atom. The maximum absolute atomic E-state index is 6.43. The zero-order chi connectivity index (χ0) is 18.5. The molecular weight excluding hydrogens is 512 g/mol. The minimum atomic E-state index is -0.297. The number of benzene rings is 2. The number of fused-ring (bicyclic) bond motifs is 3. The minimum absolute atomic E-state index is 0.125. The molecule has 0 saturated heterocycles. The topological polar surface area (TPSA) is 24.8 Å². The van der Waals surface area contributed by atoms with Gasteiger partial charge in [-0.05, 0) is 51.6 Å². The highest BCUT2D eigenvalue weighted by atomic mass is 79.9. The highest BCUT2D eigenvalue weighted by Crippen LogP contribution is 2.51. The van der Waals surface area contributed by atoms with Crippen molar-refractivity contribution in [3.63, 3.8) is 0 Å². The fraction of sp³-hybridized carbons (Fsp3) is 0.150. The minimum Gasteiger partial charge on any atom is -0.463 e. The SMILES string of the molecule is Clc1ccc(C2Oc3c(Br)cc(Br)cc3C3CC(c4cccs4)=NN32)cc1. The van der Waals surface area contributed by atoms with E-state index in [2.05, 4.69) is 60.4 Å². The van der Waals surface area contributed by atoms with Gasteiger partial charge in [-0.2, -0.15) is 5.10 Å². The number of rotatable bonds is 2. The summed E-state index contributed by atoms with van der Waals surface area (Å²) in [6.45, 7) is 0. The van der Waals surface area contributed by atoms with Crippen LogP contribution in [-0.2, 0) is 0 Å². The molecule has 0 amide bonds. The molecule has 0 radical (unpaired) electrons. The van der Waals surface area contributed by atoms with Gasteiger partial charge in [0.05, 0.1) is 21.1 Å². The van der Waals surface area contributed by atoms with Crippen molar-refractivity contribution < 1.29 is 4.74 Å². The lowest BCUT2D eigenvalue weighted by molar-refractivity contribution is -0.0197. The molecule has 3 nitrogen and oxygen atoms in total. The van der Waals surface area contributed by atoms with Crippen LogP contribution in [0.3, 0.4) is 0 Å². The highest BCUT2D eigenvalue weighted by molar-refractivity contribution is 9.11. The van der Waals surface area contributed by atoms with Crippen molar-refractivity contribution >= 4 is 60.5 Å². The maximum atomic E-state index is 6.43. The average molecular weight is 525 g/mol. The van der Waals surface area contributed by atoms with Gasteiger partial charge in [-0.25, -0.2) is 5.01 Å². The summed E-state index contributed by atoms with van der Waals surface area (Å²) in [7, 11) is 0. The van der Waals surface area contributed by atoms with Crippen molar-refractivity contribution in [3.8, 4) is 5.75 Å². The van der Waals surface area contributed by atoms with E-state index in [0.29, 0.717) is 5.02 Å². The van der Waals surface area contributed by atoms with Crippen LogP contribution in [0.1, 0.15) is 34.7 Å². The standard InChI is InChI=1S/C20H13Br2ClN2OS/c21-12-8-14-17-10-16(18-2-1-7-27-18)24-25(17)20(26-19(14)15(22)9-12)11-3-5-13(23)6-4-11/h1-9,17,20H,10H2. The van der Waals surface area contributed by atoms with Gasteiger partial charge in [-0.15, -0.1) is 11.3 Å². The first-order valence-electron chi connectivity index (χ1n) is 8.41. The summed E-state index contributed by atoms with van der Waals surface area (Å²) in [5.74, 6) is 0.877. The molecule has 3 heterocycles. The summed E-state index contributed by atoms with van der Waals surface area (Å²) < 4.78 is 8.39. The van der Waals surface area contributed by atoms with E-state index in [1.165, 1.54) is 4.88 Å². The third-order valence-corrected chi connectivity index (χ3v) is 6.99. The van der Waals surface area contributed by atoms with Crippen LogP contribution >= 0.6 is 54.8 Å². The maximum Gasteiger partial charge on any atom is 0.213 e. The molecule has 2 aliphatic heterocycles. The predicted octanol–water partition coefficient (Wildman–Crippen LogP) is 7.17. The summed E-state index contributed by atoms with van der Waals surface area (Å²) in [5, 5.41) is 9.84. The molecular formula is C20H13Br2ClN2OS. The second kappa shape index (κ2) is 6.92. The van der Waals surface area contributed by atoms with E-state index in [-0.39, 0.29) is 12.3 Å². The Balaban J connectivity index is 1.64. The first-order chi connectivity index (χ1) is 13.1. The zero-order valence-electron chi connectivity index (χ0n) is 13.9. The van der Waals surface area contributed by atoms with Crippen LogP contribution in [0.5, 0.6) is 5.75 Å². The van der Waals surface area contributed by atoms with E-state index >= 15 is 0 Å². The normalized spacial score (nSPS) is 20.7. The van der Waals surface area contributed by atoms with Gasteiger partial charge in [0.25, 0.3) is 0 Å². The molecule has 2 atom stereocenters. The Morgan fingerprint density at radius 3 is 2.70 bits per heavy atom. The van der Waals surface area contributed by atoms with Crippen LogP contribution in [0.2, 0.25) is 5.02 Å². The fourth-order valence-corrected chi connectivity index (χ4v) is 5.75. The van der Waals surface area contributed by atoms with Gasteiger partial charge in [-0.3, -0.25) is 0 Å². The van der Waals surface area contributed by atoms with Crippen LogP contribution in [0.15, 0.2) is 68.0 Å². The lowest BCUT2D eigenvalue weighted by Crippen LogP contribution is -2.33. The van der Waals surface area contributed by atoms with Crippen molar-refractivity contribution in [2.75, 3.05) is 0 Å². The molecule has 0 fully saturated rings. The second-order valence-corrected chi connectivity index (χ2v) is 9.61. The Labute approximate surface area is 182 Å². The molecule has 0 bridgehead atoms. The highest BCUT2D eigenvalue weighted by Gasteiger charge is 2.42. The number of hydrazone groups is 1. The van der Waals surface area contributed by atoms with Crippen molar-refractivity contribution in [3.05, 3.63) is 83.9 Å². The zero-order valence-corrected chi connectivity index (χ0v) is 18.6. The molecule has 2 unspecified atom stereocenters. The molecule has 27 heavy (non-hydrogen) atoms. The number of thiophene rings is 1. The van der Waals surface area contributed by atoms with E-state index in [4.69, 9.17) is 21.4 Å². The number of hydrogen-bond acceptors (Lipinski definition) is 4. The summed E-state index contributed by atoms with van der Waals surface area (Å²) in [5.41, 5.74) is 3.26. The van der Waals surface area contributed by atoms with Gasteiger partial charge in [0.2, 0.25) is 6.23 Å². The number of nitrogens with zero attached hydrogens (tertiary/aromatic N) is 2. The van der Waals surface area contributed by atoms with Crippen LogP contribution in [0.4, 0.5) is 0 Å². The van der Waals surface area contributed by atoms with Gasteiger partial charge in [-0.1, -0.05) is 45.7 Å². The van der Waals surface area contributed by atoms with Crippen LogP contribution < -0.4 is 4.74 Å². The number of halogens is 3. The van der Waals surface area contributed by atoms with Crippen molar-refractivity contribution in [1.82, 2.24) is 5.01 Å². The first-order valence-corrected chi connectivity index (χ1v) is 11.3. The summed E-state index contributed by atoms with van der Waals surface area (Å²) in [6, 6.07) is 16.2. The molecule has 2 aromatic carbocycles.